The van der Waals surface area contributed by atoms with E-state index in [-0.39, 0.29) is 28.3 Å². The summed E-state index contributed by atoms with van der Waals surface area (Å²) in [6, 6.07) is 11.9. The molecule has 0 radical (unpaired) electrons. The van der Waals surface area contributed by atoms with Crippen molar-refractivity contribution in [3.8, 4) is 0 Å². The number of non-ortho nitro benzene ring substituents is 1. The molecule has 9 heteroatoms. The van der Waals surface area contributed by atoms with Gasteiger partial charge in [-0.3, -0.25) is 25.0 Å². The summed E-state index contributed by atoms with van der Waals surface area (Å²) in [6.45, 7) is 3.92. The van der Waals surface area contributed by atoms with Crippen molar-refractivity contribution in [3.63, 3.8) is 0 Å². The van der Waals surface area contributed by atoms with Crippen LogP contribution in [0.2, 0.25) is 0 Å². The highest BCUT2D eigenvalue weighted by molar-refractivity contribution is 7.80. The maximum absolute atomic E-state index is 12.1. The summed E-state index contributed by atoms with van der Waals surface area (Å²) in [4.78, 5) is 34.3. The fourth-order valence-electron chi connectivity index (χ4n) is 2.19. The van der Waals surface area contributed by atoms with Gasteiger partial charge in [-0.15, -0.1) is 0 Å². The lowest BCUT2D eigenvalue weighted by molar-refractivity contribution is -0.384. The fourth-order valence-corrected chi connectivity index (χ4v) is 2.40. The molecule has 28 heavy (non-hydrogen) atoms. The van der Waals surface area contributed by atoms with Crippen LogP contribution in [0, 0.1) is 10.1 Å². The Balaban J connectivity index is 1.92. The molecule has 0 aliphatic rings. The first-order chi connectivity index (χ1) is 13.3. The Morgan fingerprint density at radius 1 is 1.04 bits per heavy atom. The van der Waals surface area contributed by atoms with Crippen molar-refractivity contribution in [2.75, 3.05) is 5.32 Å². The number of nitrogens with zero attached hydrogens (tertiary/aromatic N) is 1. The standard InChI is InChI=1S/C19H20N4O4S/c1-3-12(2)20-17(24)13-4-8-15(9-5-13)21-19(28)22-18(25)14-6-10-16(11-7-14)23(26)27/h4-12H,3H2,1-2H3,(H,20,24)(H2,21,22,25,28). The lowest BCUT2D eigenvalue weighted by Gasteiger charge is -2.12. The van der Waals surface area contributed by atoms with Crippen LogP contribution < -0.4 is 16.0 Å². The molecule has 0 aliphatic carbocycles. The second-order valence-electron chi connectivity index (χ2n) is 6.07. The van der Waals surface area contributed by atoms with Crippen LogP contribution in [0.5, 0.6) is 0 Å². The van der Waals surface area contributed by atoms with E-state index in [9.17, 15) is 19.7 Å². The number of hydrogen-bond donors (Lipinski definition) is 3. The molecule has 2 aromatic carbocycles. The zero-order valence-corrected chi connectivity index (χ0v) is 16.2. The van der Waals surface area contributed by atoms with E-state index in [2.05, 4.69) is 16.0 Å². The molecule has 146 valence electrons. The molecule has 2 amide bonds. The lowest BCUT2D eigenvalue weighted by Crippen LogP contribution is -2.34. The van der Waals surface area contributed by atoms with E-state index in [1.54, 1.807) is 24.3 Å². The van der Waals surface area contributed by atoms with Gasteiger partial charge in [0.1, 0.15) is 0 Å². The first-order valence-electron chi connectivity index (χ1n) is 8.58. The molecule has 0 aromatic heterocycles. The minimum Gasteiger partial charge on any atom is -0.350 e. The minimum absolute atomic E-state index is 0.0696. The monoisotopic (exact) mass is 400 g/mol. The van der Waals surface area contributed by atoms with Crippen LogP contribution in [0.1, 0.15) is 41.0 Å². The summed E-state index contributed by atoms with van der Waals surface area (Å²) in [5.74, 6) is -0.646. The van der Waals surface area contributed by atoms with Crippen molar-refractivity contribution in [2.45, 2.75) is 26.3 Å². The van der Waals surface area contributed by atoms with E-state index in [1.165, 1.54) is 24.3 Å². The van der Waals surface area contributed by atoms with Gasteiger partial charge in [-0.1, -0.05) is 6.92 Å². The average Bonchev–Trinajstić information content (AvgIpc) is 2.68. The molecule has 0 fully saturated rings. The molecular formula is C19H20N4O4S. The van der Waals surface area contributed by atoms with Crippen molar-refractivity contribution in [1.29, 1.82) is 0 Å². The highest BCUT2D eigenvalue weighted by atomic mass is 32.1. The summed E-state index contributed by atoms with van der Waals surface area (Å²) in [5, 5.41) is 18.9. The fraction of sp³-hybridized carbons (Fsp3) is 0.211. The van der Waals surface area contributed by atoms with Crippen molar-refractivity contribution in [3.05, 3.63) is 69.8 Å². The maximum atomic E-state index is 12.1. The van der Waals surface area contributed by atoms with Gasteiger partial charge in [0.05, 0.1) is 4.92 Å². The molecule has 0 saturated carbocycles. The Bertz CT molecular complexity index is 882. The number of rotatable bonds is 6. The van der Waals surface area contributed by atoms with Crippen LogP contribution in [0.3, 0.4) is 0 Å². The molecule has 8 nitrogen and oxygen atoms in total. The van der Waals surface area contributed by atoms with Crippen LogP contribution in [0.15, 0.2) is 48.5 Å². The van der Waals surface area contributed by atoms with Gasteiger partial charge in [0.15, 0.2) is 5.11 Å². The van der Waals surface area contributed by atoms with Gasteiger partial charge in [-0.2, -0.15) is 0 Å². The van der Waals surface area contributed by atoms with Gasteiger partial charge >= 0.3 is 0 Å². The predicted molar refractivity (Wildman–Crippen MR) is 110 cm³/mol. The third-order valence-electron chi connectivity index (χ3n) is 3.96. The van der Waals surface area contributed by atoms with Crippen molar-refractivity contribution in [2.24, 2.45) is 0 Å². The number of nitro benzene ring substituents is 1. The van der Waals surface area contributed by atoms with Gasteiger partial charge in [-0.25, -0.2) is 0 Å². The van der Waals surface area contributed by atoms with E-state index in [4.69, 9.17) is 12.2 Å². The van der Waals surface area contributed by atoms with E-state index in [0.717, 1.165) is 6.42 Å². The Morgan fingerprint density at radius 2 is 1.57 bits per heavy atom. The molecule has 1 atom stereocenters. The first kappa shape index (κ1) is 21.0. The SMILES string of the molecule is CCC(C)NC(=O)c1ccc(NC(=S)NC(=O)c2ccc([N+](=O)[O-])cc2)cc1. The number of benzene rings is 2. The van der Waals surface area contributed by atoms with Crippen LogP contribution in [0.25, 0.3) is 0 Å². The number of thiocarbonyl (C=S) groups is 1. The first-order valence-corrected chi connectivity index (χ1v) is 8.98. The van der Waals surface area contributed by atoms with E-state index >= 15 is 0 Å². The molecule has 0 spiro atoms. The molecule has 0 heterocycles. The number of carbonyl (C=O) groups excluding carboxylic acids is 2. The summed E-state index contributed by atoms with van der Waals surface area (Å²) < 4.78 is 0. The summed E-state index contributed by atoms with van der Waals surface area (Å²) in [6.07, 6.45) is 0.841. The van der Waals surface area contributed by atoms with Gasteiger partial charge in [0, 0.05) is 35.0 Å². The minimum atomic E-state index is -0.541. The second-order valence-corrected chi connectivity index (χ2v) is 6.48. The highest BCUT2D eigenvalue weighted by Gasteiger charge is 2.12. The highest BCUT2D eigenvalue weighted by Crippen LogP contribution is 2.12. The molecule has 3 N–H and O–H groups in total. The van der Waals surface area contributed by atoms with Gasteiger partial charge in [0.2, 0.25) is 0 Å². The molecule has 2 aromatic rings. The molecule has 0 aliphatic heterocycles. The van der Waals surface area contributed by atoms with E-state index in [1.807, 2.05) is 13.8 Å². The van der Waals surface area contributed by atoms with Crippen molar-refractivity contribution < 1.29 is 14.5 Å². The zero-order valence-electron chi connectivity index (χ0n) is 15.4. The van der Waals surface area contributed by atoms with Crippen LogP contribution in [0.4, 0.5) is 11.4 Å². The predicted octanol–water partition coefficient (Wildman–Crippen LogP) is 3.25. The number of amides is 2. The van der Waals surface area contributed by atoms with Crippen LogP contribution in [-0.4, -0.2) is 27.9 Å². The Hall–Kier alpha value is -3.33. The Morgan fingerprint density at radius 3 is 2.11 bits per heavy atom. The second kappa shape index (κ2) is 9.56. The number of nitro groups is 1. The normalized spacial score (nSPS) is 11.2. The average molecular weight is 400 g/mol. The molecule has 0 bridgehead atoms. The largest absolute Gasteiger partial charge is 0.350 e. The lowest BCUT2D eigenvalue weighted by atomic mass is 10.1. The number of nitrogens with one attached hydrogen (secondary N) is 3. The number of hydrogen-bond acceptors (Lipinski definition) is 5. The third kappa shape index (κ3) is 5.85. The number of anilines is 1. The van der Waals surface area contributed by atoms with Gasteiger partial charge in [-0.05, 0) is 62.0 Å². The van der Waals surface area contributed by atoms with Crippen LogP contribution in [-0.2, 0) is 0 Å². The summed E-state index contributed by atoms with van der Waals surface area (Å²) >= 11 is 5.11. The Labute approximate surface area is 167 Å². The van der Waals surface area contributed by atoms with E-state index < -0.39 is 10.8 Å². The number of carbonyl (C=O) groups is 2. The Kier molecular flexibility index (Phi) is 7.16. The summed E-state index contributed by atoms with van der Waals surface area (Å²) in [5.41, 5.74) is 1.27. The smallest absolute Gasteiger partial charge is 0.269 e. The van der Waals surface area contributed by atoms with Crippen LogP contribution >= 0.6 is 12.2 Å². The van der Waals surface area contributed by atoms with Crippen molar-refractivity contribution in [1.82, 2.24) is 10.6 Å². The topological polar surface area (TPSA) is 113 Å². The maximum Gasteiger partial charge on any atom is 0.269 e. The van der Waals surface area contributed by atoms with Gasteiger partial charge < -0.3 is 10.6 Å². The zero-order chi connectivity index (χ0) is 20.7. The third-order valence-corrected chi connectivity index (χ3v) is 4.17. The molecule has 1 unspecified atom stereocenters. The summed E-state index contributed by atoms with van der Waals surface area (Å²) in [7, 11) is 0. The molecule has 0 saturated heterocycles. The molecule has 2 rings (SSSR count). The molecular weight excluding hydrogens is 380 g/mol. The van der Waals surface area contributed by atoms with Gasteiger partial charge in [0.25, 0.3) is 17.5 Å². The van der Waals surface area contributed by atoms with E-state index in [0.29, 0.717) is 11.3 Å². The van der Waals surface area contributed by atoms with Crippen molar-refractivity contribution >= 4 is 40.5 Å². The quantitative estimate of drug-likeness (QED) is 0.390.